The fourth-order valence-electron chi connectivity index (χ4n) is 2.17. The molecule has 0 aliphatic heterocycles. The minimum atomic E-state index is 0.822. The summed E-state index contributed by atoms with van der Waals surface area (Å²) < 4.78 is 0. The van der Waals surface area contributed by atoms with Crippen molar-refractivity contribution in [1.82, 2.24) is 0 Å². The van der Waals surface area contributed by atoms with Crippen molar-refractivity contribution in [3.63, 3.8) is 0 Å². The highest BCUT2D eigenvalue weighted by Crippen LogP contribution is 2.33. The summed E-state index contributed by atoms with van der Waals surface area (Å²) in [4.78, 5) is 0. The predicted molar refractivity (Wildman–Crippen MR) is 57.6 cm³/mol. The Morgan fingerprint density at radius 1 is 1.31 bits per heavy atom. The maximum Gasteiger partial charge on any atom is -0.0198 e. The zero-order valence-electron chi connectivity index (χ0n) is 8.22. The van der Waals surface area contributed by atoms with Gasteiger partial charge in [-0.3, -0.25) is 0 Å². The Morgan fingerprint density at radius 2 is 2.08 bits per heavy atom. The van der Waals surface area contributed by atoms with E-state index in [1.54, 1.807) is 0 Å². The summed E-state index contributed by atoms with van der Waals surface area (Å²) in [5.74, 6) is 0.822. The quantitative estimate of drug-likeness (QED) is 0.606. The van der Waals surface area contributed by atoms with E-state index in [4.69, 9.17) is 0 Å². The van der Waals surface area contributed by atoms with Crippen LogP contribution in [-0.2, 0) is 6.42 Å². The van der Waals surface area contributed by atoms with Crippen molar-refractivity contribution in [2.45, 2.75) is 26.2 Å². The van der Waals surface area contributed by atoms with Crippen molar-refractivity contribution in [1.29, 1.82) is 0 Å². The van der Waals surface area contributed by atoms with Crippen LogP contribution in [-0.4, -0.2) is 0 Å². The molecule has 1 aromatic rings. The molecule has 0 radical (unpaired) electrons. The molecule has 0 heteroatoms. The number of fused-ring (bicyclic) bond motifs is 1. The van der Waals surface area contributed by atoms with E-state index in [1.807, 2.05) is 0 Å². The van der Waals surface area contributed by atoms with Gasteiger partial charge in [0.2, 0.25) is 0 Å². The van der Waals surface area contributed by atoms with Crippen molar-refractivity contribution in [3.8, 4) is 0 Å². The first-order valence-corrected chi connectivity index (χ1v) is 5.07. The molecule has 1 aliphatic carbocycles. The maximum absolute atomic E-state index is 4.15. The van der Waals surface area contributed by atoms with Crippen LogP contribution < -0.4 is 0 Å². The Balaban J connectivity index is 2.37. The van der Waals surface area contributed by atoms with Crippen LogP contribution >= 0.6 is 0 Å². The first-order chi connectivity index (χ1) is 6.31. The molecule has 0 heterocycles. The molecule has 0 fully saturated rings. The van der Waals surface area contributed by atoms with Crippen LogP contribution in [0.2, 0.25) is 0 Å². The molecule has 1 aromatic carbocycles. The molecule has 68 valence electrons. The first kappa shape index (κ1) is 8.55. The molecule has 0 saturated carbocycles. The molecule has 2 rings (SSSR count). The standard InChI is InChI=1S/C13H16/c1-3-11-8-10(2)13-7-5-4-6-12(13)9-11/h4-7,11H,2-3,8-9H2,1H3. The van der Waals surface area contributed by atoms with Gasteiger partial charge in [-0.05, 0) is 35.5 Å². The average molecular weight is 172 g/mol. The molecule has 1 aliphatic rings. The van der Waals surface area contributed by atoms with Gasteiger partial charge in [-0.2, -0.15) is 0 Å². The van der Waals surface area contributed by atoms with Crippen molar-refractivity contribution in [2.24, 2.45) is 5.92 Å². The van der Waals surface area contributed by atoms with Gasteiger partial charge < -0.3 is 0 Å². The molecule has 0 spiro atoms. The second kappa shape index (κ2) is 3.37. The second-order valence-electron chi connectivity index (χ2n) is 3.94. The van der Waals surface area contributed by atoms with E-state index in [0.717, 1.165) is 5.92 Å². The first-order valence-electron chi connectivity index (χ1n) is 5.07. The van der Waals surface area contributed by atoms with Crippen LogP contribution in [0, 0.1) is 5.92 Å². The van der Waals surface area contributed by atoms with Gasteiger partial charge in [-0.1, -0.05) is 44.2 Å². The Hall–Kier alpha value is -1.04. The molecule has 0 aromatic heterocycles. The van der Waals surface area contributed by atoms with E-state index in [1.165, 1.54) is 36.0 Å². The van der Waals surface area contributed by atoms with Gasteiger partial charge in [0.25, 0.3) is 0 Å². The fourth-order valence-corrected chi connectivity index (χ4v) is 2.17. The van der Waals surface area contributed by atoms with Crippen LogP contribution in [0.1, 0.15) is 30.9 Å². The van der Waals surface area contributed by atoms with Crippen molar-refractivity contribution >= 4 is 5.57 Å². The van der Waals surface area contributed by atoms with Crippen molar-refractivity contribution in [2.75, 3.05) is 0 Å². The summed E-state index contributed by atoms with van der Waals surface area (Å²) >= 11 is 0. The largest absolute Gasteiger partial charge is 0.0952 e. The van der Waals surface area contributed by atoms with Gasteiger partial charge in [-0.25, -0.2) is 0 Å². The summed E-state index contributed by atoms with van der Waals surface area (Å²) in [6.07, 6.45) is 3.70. The average Bonchev–Trinajstić information content (AvgIpc) is 2.18. The minimum absolute atomic E-state index is 0.822. The zero-order valence-corrected chi connectivity index (χ0v) is 8.22. The predicted octanol–water partition coefficient (Wildman–Crippen LogP) is 3.67. The van der Waals surface area contributed by atoms with Gasteiger partial charge in [0.05, 0.1) is 0 Å². The third-order valence-corrected chi connectivity index (χ3v) is 3.02. The fraction of sp³-hybridized carbons (Fsp3) is 0.385. The van der Waals surface area contributed by atoms with Crippen molar-refractivity contribution in [3.05, 3.63) is 42.0 Å². The molecule has 0 nitrogen and oxygen atoms in total. The number of benzene rings is 1. The normalized spacial score (nSPS) is 21.3. The topological polar surface area (TPSA) is 0 Å². The lowest BCUT2D eigenvalue weighted by molar-refractivity contribution is 0.509. The maximum atomic E-state index is 4.15. The summed E-state index contributed by atoms with van der Waals surface area (Å²) in [5.41, 5.74) is 4.21. The van der Waals surface area contributed by atoms with E-state index < -0.39 is 0 Å². The highest BCUT2D eigenvalue weighted by atomic mass is 14.2. The number of allylic oxidation sites excluding steroid dienone is 1. The molecule has 0 amide bonds. The number of hydrogen-bond acceptors (Lipinski definition) is 0. The Labute approximate surface area is 80.3 Å². The second-order valence-corrected chi connectivity index (χ2v) is 3.94. The molecular weight excluding hydrogens is 156 g/mol. The summed E-state index contributed by atoms with van der Waals surface area (Å²) in [5, 5.41) is 0. The van der Waals surface area contributed by atoms with E-state index in [-0.39, 0.29) is 0 Å². The lowest BCUT2D eigenvalue weighted by Crippen LogP contribution is -2.11. The highest BCUT2D eigenvalue weighted by Gasteiger charge is 2.18. The Morgan fingerprint density at radius 3 is 2.85 bits per heavy atom. The third kappa shape index (κ3) is 1.53. The van der Waals surface area contributed by atoms with Crippen LogP contribution in [0.5, 0.6) is 0 Å². The van der Waals surface area contributed by atoms with E-state index in [0.29, 0.717) is 0 Å². The van der Waals surface area contributed by atoms with Gasteiger partial charge in [-0.15, -0.1) is 0 Å². The number of rotatable bonds is 1. The van der Waals surface area contributed by atoms with Crippen LogP contribution in [0.4, 0.5) is 0 Å². The summed E-state index contributed by atoms with van der Waals surface area (Å²) in [6.45, 7) is 6.42. The van der Waals surface area contributed by atoms with Gasteiger partial charge in [0, 0.05) is 0 Å². The van der Waals surface area contributed by atoms with E-state index in [2.05, 4.69) is 37.8 Å². The summed E-state index contributed by atoms with van der Waals surface area (Å²) in [7, 11) is 0. The van der Waals surface area contributed by atoms with Gasteiger partial charge >= 0.3 is 0 Å². The zero-order chi connectivity index (χ0) is 9.26. The molecular formula is C13H16. The van der Waals surface area contributed by atoms with Crippen LogP contribution in [0.3, 0.4) is 0 Å². The molecule has 1 atom stereocenters. The summed E-state index contributed by atoms with van der Waals surface area (Å²) in [6, 6.07) is 8.67. The lowest BCUT2D eigenvalue weighted by atomic mass is 9.80. The van der Waals surface area contributed by atoms with Crippen molar-refractivity contribution < 1.29 is 0 Å². The lowest BCUT2D eigenvalue weighted by Gasteiger charge is -2.25. The highest BCUT2D eigenvalue weighted by molar-refractivity contribution is 5.68. The van der Waals surface area contributed by atoms with Crippen LogP contribution in [0.15, 0.2) is 30.8 Å². The third-order valence-electron chi connectivity index (χ3n) is 3.02. The van der Waals surface area contributed by atoms with Crippen LogP contribution in [0.25, 0.3) is 5.57 Å². The van der Waals surface area contributed by atoms with Gasteiger partial charge in [0.1, 0.15) is 0 Å². The SMILES string of the molecule is C=C1CC(CC)Cc2ccccc21. The van der Waals surface area contributed by atoms with Gasteiger partial charge in [0.15, 0.2) is 0 Å². The van der Waals surface area contributed by atoms with E-state index in [9.17, 15) is 0 Å². The molecule has 1 unspecified atom stereocenters. The monoisotopic (exact) mass is 172 g/mol. The molecule has 0 N–H and O–H groups in total. The Kier molecular flexibility index (Phi) is 2.22. The Bertz CT molecular complexity index is 323. The minimum Gasteiger partial charge on any atom is -0.0952 e. The van der Waals surface area contributed by atoms with E-state index >= 15 is 0 Å². The smallest absolute Gasteiger partial charge is 0.0198 e. The molecule has 0 bridgehead atoms. The molecule has 0 saturated heterocycles. The molecule has 13 heavy (non-hydrogen) atoms. The number of hydrogen-bond donors (Lipinski definition) is 0.